The van der Waals surface area contributed by atoms with Crippen LogP contribution in [0.15, 0.2) is 64.4 Å². The highest BCUT2D eigenvalue weighted by Gasteiger charge is 2.32. The van der Waals surface area contributed by atoms with Crippen molar-refractivity contribution < 1.29 is 17.9 Å². The van der Waals surface area contributed by atoms with E-state index in [0.717, 1.165) is 0 Å². The Balaban J connectivity index is 1.70. The molecule has 1 aliphatic heterocycles. The summed E-state index contributed by atoms with van der Waals surface area (Å²) in [5.74, 6) is -0.549. The van der Waals surface area contributed by atoms with Crippen LogP contribution in [0.25, 0.3) is 10.8 Å². The number of aryl methyl sites for hydroxylation is 1. The number of rotatable bonds is 5. The van der Waals surface area contributed by atoms with Gasteiger partial charge in [0.1, 0.15) is 0 Å². The Bertz CT molecular complexity index is 1300. The number of pyridine rings is 1. The van der Waals surface area contributed by atoms with E-state index in [9.17, 15) is 18.0 Å². The van der Waals surface area contributed by atoms with E-state index in [4.69, 9.17) is 10.5 Å². The topological polar surface area (TPSA) is 112 Å². The van der Waals surface area contributed by atoms with E-state index in [1.54, 1.807) is 49.4 Å². The highest BCUT2D eigenvalue weighted by Crippen LogP contribution is 2.28. The minimum atomic E-state index is -3.79. The summed E-state index contributed by atoms with van der Waals surface area (Å²) < 4.78 is 34.3. The normalized spacial score (nSPS) is 17.2. The first-order valence-corrected chi connectivity index (χ1v) is 11.3. The molecule has 8 nitrogen and oxygen atoms in total. The van der Waals surface area contributed by atoms with Gasteiger partial charge in [-0.2, -0.15) is 4.31 Å². The van der Waals surface area contributed by atoms with Crippen LogP contribution in [-0.2, 0) is 21.5 Å². The number of fused-ring (bicyclic) bond motifs is 1. The SMILES string of the molecule is Cc1cn(COC(=O)c2ccccc2)c(=O)c2cccc(S(=O)(=O)N3CC[C@@H](N)C3)c12. The van der Waals surface area contributed by atoms with E-state index >= 15 is 0 Å². The highest BCUT2D eigenvalue weighted by atomic mass is 32.2. The van der Waals surface area contributed by atoms with E-state index in [1.807, 2.05) is 0 Å². The van der Waals surface area contributed by atoms with Crippen LogP contribution in [0.4, 0.5) is 0 Å². The van der Waals surface area contributed by atoms with Crippen molar-refractivity contribution >= 4 is 26.8 Å². The molecule has 0 bridgehead atoms. The molecule has 0 radical (unpaired) electrons. The smallest absolute Gasteiger partial charge is 0.339 e. The summed E-state index contributed by atoms with van der Waals surface area (Å²) in [4.78, 5) is 25.3. The molecule has 0 saturated carbocycles. The summed E-state index contributed by atoms with van der Waals surface area (Å²) >= 11 is 0. The molecule has 2 heterocycles. The van der Waals surface area contributed by atoms with E-state index in [0.29, 0.717) is 29.5 Å². The van der Waals surface area contributed by atoms with Gasteiger partial charge in [0.05, 0.1) is 10.5 Å². The van der Waals surface area contributed by atoms with Crippen molar-refractivity contribution in [2.24, 2.45) is 5.73 Å². The first-order valence-electron chi connectivity index (χ1n) is 9.89. The Kier molecular flexibility index (Phi) is 5.65. The fourth-order valence-corrected chi connectivity index (χ4v) is 5.63. The average molecular weight is 442 g/mol. The molecule has 3 aromatic rings. The number of ether oxygens (including phenoxy) is 1. The van der Waals surface area contributed by atoms with Gasteiger partial charge in [-0.25, -0.2) is 13.2 Å². The van der Waals surface area contributed by atoms with Gasteiger partial charge in [0.15, 0.2) is 6.73 Å². The molecule has 9 heteroatoms. The van der Waals surface area contributed by atoms with Gasteiger partial charge in [-0.3, -0.25) is 9.36 Å². The molecule has 2 aromatic carbocycles. The molecular formula is C22H23N3O5S. The molecule has 0 amide bonds. The maximum Gasteiger partial charge on any atom is 0.339 e. The summed E-state index contributed by atoms with van der Waals surface area (Å²) in [5, 5.41) is 0.624. The highest BCUT2D eigenvalue weighted by molar-refractivity contribution is 7.89. The fraction of sp³-hybridized carbons (Fsp3) is 0.273. The van der Waals surface area contributed by atoms with Crippen molar-refractivity contribution in [1.29, 1.82) is 0 Å². The first kappa shape index (κ1) is 21.2. The third-order valence-electron chi connectivity index (χ3n) is 5.41. The second-order valence-electron chi connectivity index (χ2n) is 7.60. The molecule has 2 N–H and O–H groups in total. The minimum Gasteiger partial charge on any atom is -0.440 e. The van der Waals surface area contributed by atoms with Crippen molar-refractivity contribution in [1.82, 2.24) is 8.87 Å². The predicted octanol–water partition coefficient (Wildman–Crippen LogP) is 1.85. The number of benzene rings is 2. The minimum absolute atomic E-state index is 0.0853. The van der Waals surface area contributed by atoms with Gasteiger partial charge in [0.2, 0.25) is 10.0 Å². The molecular weight excluding hydrogens is 418 g/mol. The van der Waals surface area contributed by atoms with Gasteiger partial charge in [0, 0.05) is 36.1 Å². The summed E-state index contributed by atoms with van der Waals surface area (Å²) in [6.07, 6.45) is 2.11. The third-order valence-corrected chi connectivity index (χ3v) is 7.32. The maximum atomic E-state index is 13.2. The van der Waals surface area contributed by atoms with Crippen molar-refractivity contribution in [3.8, 4) is 0 Å². The molecule has 162 valence electrons. The molecule has 1 aliphatic rings. The molecule has 4 rings (SSSR count). The zero-order valence-electron chi connectivity index (χ0n) is 17.0. The van der Waals surface area contributed by atoms with Crippen LogP contribution in [0.5, 0.6) is 0 Å². The van der Waals surface area contributed by atoms with E-state index in [1.165, 1.54) is 21.1 Å². The zero-order chi connectivity index (χ0) is 22.2. The van der Waals surface area contributed by atoms with Gasteiger partial charge in [-0.05, 0) is 43.2 Å². The van der Waals surface area contributed by atoms with Crippen molar-refractivity contribution in [2.75, 3.05) is 13.1 Å². The van der Waals surface area contributed by atoms with Gasteiger partial charge in [0.25, 0.3) is 5.56 Å². The van der Waals surface area contributed by atoms with Crippen LogP contribution in [0.2, 0.25) is 0 Å². The Morgan fingerprint density at radius 1 is 1.16 bits per heavy atom. The summed E-state index contributed by atoms with van der Waals surface area (Å²) in [7, 11) is -3.79. The Morgan fingerprint density at radius 2 is 1.90 bits per heavy atom. The number of sulfonamides is 1. The molecule has 0 aliphatic carbocycles. The Labute approximate surface area is 179 Å². The van der Waals surface area contributed by atoms with Crippen molar-refractivity contribution in [3.63, 3.8) is 0 Å². The van der Waals surface area contributed by atoms with Crippen molar-refractivity contribution in [2.45, 2.75) is 31.0 Å². The lowest BCUT2D eigenvalue weighted by Gasteiger charge is -2.19. The van der Waals surface area contributed by atoms with E-state index in [2.05, 4.69) is 0 Å². The quantitative estimate of drug-likeness (QED) is 0.605. The number of esters is 1. The van der Waals surface area contributed by atoms with Gasteiger partial charge in [-0.1, -0.05) is 24.3 Å². The first-order chi connectivity index (χ1) is 14.8. The van der Waals surface area contributed by atoms with Crippen LogP contribution >= 0.6 is 0 Å². The summed E-state index contributed by atoms with van der Waals surface area (Å²) in [5.41, 5.74) is 6.42. The Morgan fingerprint density at radius 3 is 2.58 bits per heavy atom. The number of hydrogen-bond donors (Lipinski definition) is 1. The summed E-state index contributed by atoms with van der Waals surface area (Å²) in [6.45, 7) is 2.06. The van der Waals surface area contributed by atoms with Gasteiger partial charge >= 0.3 is 5.97 Å². The number of nitrogens with two attached hydrogens (primary N) is 1. The molecule has 0 spiro atoms. The van der Waals surface area contributed by atoms with Gasteiger partial charge < -0.3 is 10.5 Å². The zero-order valence-corrected chi connectivity index (χ0v) is 17.8. The molecule has 1 fully saturated rings. The molecule has 1 saturated heterocycles. The number of nitrogens with zero attached hydrogens (tertiary/aromatic N) is 2. The fourth-order valence-electron chi connectivity index (χ4n) is 3.84. The third kappa shape index (κ3) is 3.99. The lowest BCUT2D eigenvalue weighted by molar-refractivity contribution is 0.0366. The number of carbonyl (C=O) groups excluding carboxylic acids is 1. The second-order valence-corrected chi connectivity index (χ2v) is 9.51. The van der Waals surface area contributed by atoms with Crippen LogP contribution in [0, 0.1) is 6.92 Å². The second kappa shape index (κ2) is 8.26. The monoisotopic (exact) mass is 441 g/mol. The average Bonchev–Trinajstić information content (AvgIpc) is 3.22. The molecule has 1 aromatic heterocycles. The van der Waals surface area contributed by atoms with Crippen molar-refractivity contribution in [3.05, 3.63) is 76.2 Å². The Hall–Kier alpha value is -3.01. The predicted molar refractivity (Wildman–Crippen MR) is 116 cm³/mol. The molecule has 31 heavy (non-hydrogen) atoms. The standard InChI is InChI=1S/C22H23N3O5S/c1-15-12-24(14-30-22(27)16-6-3-2-4-7-16)21(26)18-8-5-9-19(20(15)18)31(28,29)25-11-10-17(23)13-25/h2-9,12,17H,10-11,13-14,23H2,1H3/t17-/m1/s1. The maximum absolute atomic E-state index is 13.2. The summed E-state index contributed by atoms with van der Waals surface area (Å²) in [6, 6.07) is 12.9. The van der Waals surface area contributed by atoms with Crippen LogP contribution in [-0.4, -0.2) is 42.4 Å². The largest absolute Gasteiger partial charge is 0.440 e. The lowest BCUT2D eigenvalue weighted by atomic mass is 10.1. The van der Waals surface area contributed by atoms with Gasteiger partial charge in [-0.15, -0.1) is 0 Å². The van der Waals surface area contributed by atoms with Crippen LogP contribution in [0.3, 0.4) is 0 Å². The lowest BCUT2D eigenvalue weighted by Crippen LogP contribution is -2.32. The number of carbonyl (C=O) groups is 1. The number of hydrogen-bond acceptors (Lipinski definition) is 6. The number of aromatic nitrogens is 1. The van der Waals surface area contributed by atoms with E-state index in [-0.39, 0.29) is 29.6 Å². The molecule has 0 unspecified atom stereocenters. The van der Waals surface area contributed by atoms with E-state index < -0.39 is 21.6 Å². The molecule has 1 atom stereocenters. The van der Waals surface area contributed by atoms with Crippen LogP contribution < -0.4 is 11.3 Å². The van der Waals surface area contributed by atoms with Crippen LogP contribution in [0.1, 0.15) is 22.3 Å².